The molecule has 0 unspecified atom stereocenters. The Morgan fingerprint density at radius 2 is 1.79 bits per heavy atom. The van der Waals surface area contributed by atoms with Crippen LogP contribution in [-0.4, -0.2) is 29.6 Å². The lowest BCUT2D eigenvalue weighted by Gasteiger charge is -2.41. The fourth-order valence-electron chi connectivity index (χ4n) is 5.13. The van der Waals surface area contributed by atoms with Crippen LogP contribution < -0.4 is 5.32 Å². The van der Waals surface area contributed by atoms with Gasteiger partial charge in [0.1, 0.15) is 5.00 Å². The van der Waals surface area contributed by atoms with Crippen molar-refractivity contribution in [1.82, 2.24) is 0 Å². The quantitative estimate of drug-likeness (QED) is 0.428. The number of carbonyl (C=O) groups is 3. The molecule has 5 rings (SSSR count). The molecule has 156 valence electrons. The number of carbonyl (C=O) groups excluding carboxylic acids is 2. The SMILES string of the molecule is CCOC(=O)c1c(NC(=O)[C@H]2[C@@H](C(=O)O)[C@H]3C=C[C@@H]2CC3)sc2c1CCCCC2. The van der Waals surface area contributed by atoms with Crippen LogP contribution in [-0.2, 0) is 27.2 Å². The molecular weight excluding hydrogens is 390 g/mol. The van der Waals surface area contributed by atoms with E-state index in [0.717, 1.165) is 55.4 Å². The Morgan fingerprint density at radius 3 is 2.45 bits per heavy atom. The second-order valence-corrected chi connectivity index (χ2v) is 9.26. The number of hydrogen-bond acceptors (Lipinski definition) is 5. The molecule has 4 aliphatic rings. The van der Waals surface area contributed by atoms with E-state index in [1.807, 2.05) is 12.2 Å². The number of fused-ring (bicyclic) bond motifs is 3. The third kappa shape index (κ3) is 3.72. The Labute approximate surface area is 174 Å². The predicted molar refractivity (Wildman–Crippen MR) is 110 cm³/mol. The Balaban J connectivity index is 1.65. The number of thiophene rings is 1. The maximum atomic E-state index is 13.2. The first kappa shape index (κ1) is 20.1. The van der Waals surface area contributed by atoms with E-state index < -0.39 is 23.8 Å². The normalized spacial score (nSPS) is 27.8. The molecule has 1 aromatic rings. The molecular formula is C22H27NO5S. The highest BCUT2D eigenvalue weighted by molar-refractivity contribution is 7.17. The minimum absolute atomic E-state index is 0.0649. The first-order valence-electron chi connectivity index (χ1n) is 10.5. The van der Waals surface area contributed by atoms with Gasteiger partial charge in [-0.25, -0.2) is 4.79 Å². The van der Waals surface area contributed by atoms with Crippen LogP contribution in [0.2, 0.25) is 0 Å². The van der Waals surface area contributed by atoms with Gasteiger partial charge in [-0.1, -0.05) is 18.6 Å². The number of amides is 1. The molecule has 2 N–H and O–H groups in total. The second-order valence-electron chi connectivity index (χ2n) is 8.16. The monoisotopic (exact) mass is 417 g/mol. The Bertz CT molecular complexity index is 858. The summed E-state index contributed by atoms with van der Waals surface area (Å²) in [6, 6.07) is 0. The number of aliphatic carboxylic acids is 1. The van der Waals surface area contributed by atoms with E-state index in [2.05, 4.69) is 5.32 Å². The molecule has 1 saturated carbocycles. The maximum Gasteiger partial charge on any atom is 0.341 e. The van der Waals surface area contributed by atoms with E-state index >= 15 is 0 Å². The zero-order valence-electron chi connectivity index (χ0n) is 16.6. The lowest BCUT2D eigenvalue weighted by Crippen LogP contribution is -2.47. The van der Waals surface area contributed by atoms with Crippen LogP contribution in [0.4, 0.5) is 5.00 Å². The summed E-state index contributed by atoms with van der Waals surface area (Å²) in [7, 11) is 0. The number of esters is 1. The average Bonchev–Trinajstić information content (AvgIpc) is 2.88. The fourth-order valence-corrected chi connectivity index (χ4v) is 6.41. The van der Waals surface area contributed by atoms with Gasteiger partial charge in [-0.15, -0.1) is 11.3 Å². The highest BCUT2D eigenvalue weighted by Gasteiger charge is 2.48. The summed E-state index contributed by atoms with van der Waals surface area (Å²) >= 11 is 1.45. The Hall–Kier alpha value is -2.15. The van der Waals surface area contributed by atoms with Crippen LogP contribution in [0.25, 0.3) is 0 Å². The molecule has 29 heavy (non-hydrogen) atoms. The molecule has 1 fully saturated rings. The van der Waals surface area contributed by atoms with Crippen molar-refractivity contribution in [3.8, 4) is 0 Å². The summed E-state index contributed by atoms with van der Waals surface area (Å²) in [4.78, 5) is 39.0. The highest BCUT2D eigenvalue weighted by Crippen LogP contribution is 2.46. The number of hydrogen-bond donors (Lipinski definition) is 2. The first-order chi connectivity index (χ1) is 14.0. The zero-order chi connectivity index (χ0) is 20.5. The molecule has 1 amide bonds. The van der Waals surface area contributed by atoms with Crippen molar-refractivity contribution in [2.24, 2.45) is 23.7 Å². The number of carboxylic acid groups (broad SMARTS) is 1. The van der Waals surface area contributed by atoms with Gasteiger partial charge in [0, 0.05) is 4.88 Å². The van der Waals surface area contributed by atoms with Crippen LogP contribution in [0.15, 0.2) is 12.2 Å². The van der Waals surface area contributed by atoms with Gasteiger partial charge in [-0.3, -0.25) is 9.59 Å². The van der Waals surface area contributed by atoms with Crippen LogP contribution in [0, 0.1) is 23.7 Å². The molecule has 2 bridgehead atoms. The van der Waals surface area contributed by atoms with Crippen molar-refractivity contribution in [3.63, 3.8) is 0 Å². The Morgan fingerprint density at radius 1 is 1.10 bits per heavy atom. The first-order valence-corrected chi connectivity index (χ1v) is 11.4. The average molecular weight is 418 g/mol. The lowest BCUT2D eigenvalue weighted by atomic mass is 9.62. The number of aryl methyl sites for hydroxylation is 1. The molecule has 4 aliphatic carbocycles. The van der Waals surface area contributed by atoms with Crippen molar-refractivity contribution in [2.75, 3.05) is 11.9 Å². The lowest BCUT2D eigenvalue weighted by molar-refractivity contribution is -0.151. The number of ether oxygens (including phenoxy) is 1. The van der Waals surface area contributed by atoms with Crippen molar-refractivity contribution in [3.05, 3.63) is 28.2 Å². The molecule has 4 atom stereocenters. The third-order valence-electron chi connectivity index (χ3n) is 6.47. The number of anilines is 1. The number of nitrogens with one attached hydrogen (secondary N) is 1. The summed E-state index contributed by atoms with van der Waals surface area (Å²) in [5, 5.41) is 13.2. The van der Waals surface area contributed by atoms with Gasteiger partial charge < -0.3 is 15.2 Å². The van der Waals surface area contributed by atoms with Crippen molar-refractivity contribution in [1.29, 1.82) is 0 Å². The standard InChI is InChI=1S/C22H27NO5S/c1-2-28-22(27)18-14-6-4-3-5-7-15(14)29-20(18)23-19(24)16-12-8-10-13(11-9-12)17(16)21(25)26/h8,10,12-13,16-17H,2-7,9,11H2,1H3,(H,23,24)(H,25,26)/t12-,13+,16-,17+/m1/s1. The van der Waals surface area contributed by atoms with Gasteiger partial charge in [0.25, 0.3) is 0 Å². The van der Waals surface area contributed by atoms with Gasteiger partial charge in [-0.05, 0) is 62.8 Å². The molecule has 6 nitrogen and oxygen atoms in total. The van der Waals surface area contributed by atoms with Crippen LogP contribution >= 0.6 is 11.3 Å². The summed E-state index contributed by atoms with van der Waals surface area (Å²) in [6.45, 7) is 2.04. The topological polar surface area (TPSA) is 92.7 Å². The number of allylic oxidation sites excluding steroid dienone is 2. The van der Waals surface area contributed by atoms with Gasteiger partial charge in [-0.2, -0.15) is 0 Å². The number of carboxylic acids is 1. The number of rotatable bonds is 5. The molecule has 1 heterocycles. The van der Waals surface area contributed by atoms with Crippen LogP contribution in [0.5, 0.6) is 0 Å². The van der Waals surface area contributed by atoms with Crippen LogP contribution in [0.3, 0.4) is 0 Å². The van der Waals surface area contributed by atoms with E-state index in [1.165, 1.54) is 11.3 Å². The summed E-state index contributed by atoms with van der Waals surface area (Å²) in [5.74, 6) is -3.09. The summed E-state index contributed by atoms with van der Waals surface area (Å²) in [6.07, 6.45) is 10.5. The Kier molecular flexibility index (Phi) is 5.76. The minimum Gasteiger partial charge on any atom is -0.481 e. The van der Waals surface area contributed by atoms with Crippen molar-refractivity contribution >= 4 is 34.2 Å². The molecule has 0 spiro atoms. The second kappa shape index (κ2) is 8.30. The van der Waals surface area contributed by atoms with Gasteiger partial charge in [0.2, 0.25) is 5.91 Å². The summed E-state index contributed by atoms with van der Waals surface area (Å²) in [5.41, 5.74) is 1.48. The highest BCUT2D eigenvalue weighted by atomic mass is 32.1. The smallest absolute Gasteiger partial charge is 0.341 e. The largest absolute Gasteiger partial charge is 0.481 e. The maximum absolute atomic E-state index is 13.2. The molecule has 0 radical (unpaired) electrons. The fraction of sp³-hybridized carbons (Fsp3) is 0.591. The molecule has 7 heteroatoms. The van der Waals surface area contributed by atoms with E-state index in [0.29, 0.717) is 10.6 Å². The molecule has 0 aliphatic heterocycles. The van der Waals surface area contributed by atoms with Gasteiger partial charge in [0.15, 0.2) is 0 Å². The summed E-state index contributed by atoms with van der Waals surface area (Å²) < 4.78 is 5.28. The minimum atomic E-state index is -0.920. The van der Waals surface area contributed by atoms with Gasteiger partial charge >= 0.3 is 11.9 Å². The van der Waals surface area contributed by atoms with Crippen molar-refractivity contribution in [2.45, 2.75) is 51.9 Å². The predicted octanol–water partition coefficient (Wildman–Crippen LogP) is 4.05. The van der Waals surface area contributed by atoms with Crippen LogP contribution in [0.1, 0.15) is 59.8 Å². The third-order valence-corrected chi connectivity index (χ3v) is 7.68. The molecule has 0 saturated heterocycles. The molecule has 0 aromatic carbocycles. The van der Waals surface area contributed by atoms with E-state index in [1.54, 1.807) is 6.92 Å². The van der Waals surface area contributed by atoms with E-state index in [9.17, 15) is 19.5 Å². The van der Waals surface area contributed by atoms with Crippen molar-refractivity contribution < 1.29 is 24.2 Å². The molecule has 1 aromatic heterocycles. The van der Waals surface area contributed by atoms with Gasteiger partial charge in [0.05, 0.1) is 24.0 Å². The zero-order valence-corrected chi connectivity index (χ0v) is 17.4. The van der Waals surface area contributed by atoms with E-state index in [-0.39, 0.29) is 24.3 Å². The van der Waals surface area contributed by atoms with E-state index in [4.69, 9.17) is 4.74 Å².